The maximum Gasteiger partial charge on any atom is 0.273 e. The minimum absolute atomic E-state index is 0.0478. The van der Waals surface area contributed by atoms with Crippen molar-refractivity contribution in [3.8, 4) is 0 Å². The van der Waals surface area contributed by atoms with Gasteiger partial charge in [0.25, 0.3) is 5.91 Å². The van der Waals surface area contributed by atoms with Crippen molar-refractivity contribution < 1.29 is 22.4 Å². The second kappa shape index (κ2) is 6.62. The van der Waals surface area contributed by atoms with Crippen molar-refractivity contribution in [2.45, 2.75) is 64.0 Å². The number of amides is 1. The largest absolute Gasteiger partial charge is 0.348 e. The fourth-order valence-corrected chi connectivity index (χ4v) is 2.39. The number of rotatable bonds is 5. The third kappa shape index (κ3) is 4.41. The van der Waals surface area contributed by atoms with Crippen molar-refractivity contribution in [1.82, 2.24) is 20.3 Å². The Morgan fingerprint density at radius 2 is 2.00 bits per heavy atom. The number of aryl methyl sites for hydroxylation is 2. The summed E-state index contributed by atoms with van der Waals surface area (Å²) in [6.45, 7) is 1.47. The Morgan fingerprint density at radius 3 is 2.59 bits per heavy atom. The van der Waals surface area contributed by atoms with Crippen molar-refractivity contribution in [3.05, 3.63) is 11.4 Å². The number of hydrogen-bond donors (Lipinski definition) is 1. The Bertz CT molecular complexity index is 522. The molecule has 0 unspecified atom stereocenters. The first-order chi connectivity index (χ1) is 10.3. The third-order valence-electron chi connectivity index (χ3n) is 3.64. The average molecular weight is 322 g/mol. The normalized spacial score (nSPS) is 18.6. The Labute approximate surface area is 125 Å². The van der Waals surface area contributed by atoms with Crippen LogP contribution in [0.1, 0.15) is 48.3 Å². The van der Waals surface area contributed by atoms with Crippen LogP contribution in [0, 0.1) is 6.92 Å². The molecule has 0 bridgehead atoms. The molecule has 2 rings (SSSR count). The van der Waals surface area contributed by atoms with Crippen LogP contribution in [0.25, 0.3) is 0 Å². The minimum atomic E-state index is -2.66. The number of carbonyl (C=O) groups is 1. The number of hydrogen-bond acceptors (Lipinski definition) is 3. The van der Waals surface area contributed by atoms with Crippen LogP contribution in [-0.4, -0.2) is 39.3 Å². The molecule has 1 fully saturated rings. The number of halogens is 4. The fraction of sp³-hybridized carbons (Fsp3) is 0.769. The summed E-state index contributed by atoms with van der Waals surface area (Å²) in [4.78, 5) is 13.1. The van der Waals surface area contributed by atoms with Crippen LogP contribution >= 0.6 is 0 Å². The van der Waals surface area contributed by atoms with E-state index in [1.807, 2.05) is 0 Å². The van der Waals surface area contributed by atoms with Gasteiger partial charge in [-0.25, -0.2) is 17.6 Å². The van der Waals surface area contributed by atoms with Crippen molar-refractivity contribution in [3.63, 3.8) is 0 Å². The summed E-state index contributed by atoms with van der Waals surface area (Å²) in [6.07, 6.45) is -2.95. The maximum atomic E-state index is 13.1. The number of alkyl halides is 4. The summed E-state index contributed by atoms with van der Waals surface area (Å²) in [5.41, 5.74) is 0.375. The monoisotopic (exact) mass is 322 g/mol. The topological polar surface area (TPSA) is 59.8 Å². The van der Waals surface area contributed by atoms with Crippen molar-refractivity contribution in [2.75, 3.05) is 0 Å². The zero-order chi connectivity index (χ0) is 16.3. The predicted molar refractivity (Wildman–Crippen MR) is 70.0 cm³/mol. The molecule has 22 heavy (non-hydrogen) atoms. The van der Waals surface area contributed by atoms with E-state index < -0.39 is 24.7 Å². The summed E-state index contributed by atoms with van der Waals surface area (Å²) in [7, 11) is 0. The molecular formula is C13H18F4N4O. The van der Waals surface area contributed by atoms with Gasteiger partial charge in [0.1, 0.15) is 0 Å². The molecule has 1 aromatic heterocycles. The molecule has 1 saturated carbocycles. The fourth-order valence-electron chi connectivity index (χ4n) is 2.39. The molecule has 0 atom stereocenters. The molecule has 1 heterocycles. The molecule has 1 N–H and O–H groups in total. The van der Waals surface area contributed by atoms with Gasteiger partial charge in [0.05, 0.1) is 12.2 Å². The highest BCUT2D eigenvalue weighted by molar-refractivity contribution is 5.93. The molecular weight excluding hydrogens is 304 g/mol. The van der Waals surface area contributed by atoms with Crippen LogP contribution in [0.15, 0.2) is 0 Å². The Balaban J connectivity index is 1.92. The smallest absolute Gasteiger partial charge is 0.273 e. The third-order valence-corrected chi connectivity index (χ3v) is 3.64. The van der Waals surface area contributed by atoms with E-state index in [0.29, 0.717) is 5.69 Å². The van der Waals surface area contributed by atoms with Crippen molar-refractivity contribution in [2.24, 2.45) is 0 Å². The zero-order valence-electron chi connectivity index (χ0n) is 12.2. The molecule has 0 saturated heterocycles. The molecule has 0 radical (unpaired) electrons. The molecule has 5 nitrogen and oxygen atoms in total. The molecule has 1 aliphatic carbocycles. The lowest BCUT2D eigenvalue weighted by atomic mass is 9.92. The van der Waals surface area contributed by atoms with E-state index in [1.165, 1.54) is 0 Å². The van der Waals surface area contributed by atoms with E-state index in [-0.39, 0.29) is 44.0 Å². The number of nitrogens with zero attached hydrogens (tertiary/aromatic N) is 3. The SMILES string of the molecule is Cc1nn(CCC(F)F)nc1C(=O)NC1CCC(F)(F)CC1. The van der Waals surface area contributed by atoms with Crippen LogP contribution in [0.4, 0.5) is 17.6 Å². The Hall–Kier alpha value is -1.67. The second-order valence-electron chi connectivity index (χ2n) is 5.51. The molecule has 0 spiro atoms. The minimum Gasteiger partial charge on any atom is -0.348 e. The Kier molecular flexibility index (Phi) is 5.02. The second-order valence-corrected chi connectivity index (χ2v) is 5.51. The Morgan fingerprint density at radius 1 is 1.36 bits per heavy atom. The highest BCUT2D eigenvalue weighted by Crippen LogP contribution is 2.33. The first kappa shape index (κ1) is 16.7. The molecule has 124 valence electrons. The van der Waals surface area contributed by atoms with Crippen LogP contribution in [-0.2, 0) is 6.54 Å². The highest BCUT2D eigenvalue weighted by Gasteiger charge is 2.35. The lowest BCUT2D eigenvalue weighted by Crippen LogP contribution is -2.40. The van der Waals surface area contributed by atoms with Gasteiger partial charge in [-0.3, -0.25) is 4.79 Å². The molecule has 1 amide bonds. The molecule has 1 aliphatic rings. The van der Waals surface area contributed by atoms with Gasteiger partial charge >= 0.3 is 0 Å². The van der Waals surface area contributed by atoms with Crippen molar-refractivity contribution >= 4 is 5.91 Å². The van der Waals surface area contributed by atoms with Gasteiger partial charge in [-0.1, -0.05) is 0 Å². The summed E-state index contributed by atoms with van der Waals surface area (Å²) in [6, 6.07) is -0.322. The van der Waals surface area contributed by atoms with Gasteiger partial charge in [-0.15, -0.1) is 5.10 Å². The van der Waals surface area contributed by atoms with Gasteiger partial charge in [-0.05, 0) is 19.8 Å². The molecule has 1 aromatic rings. The standard InChI is InChI=1S/C13H18F4N4O/c1-8-11(20-21(19-8)7-4-10(14)15)12(22)18-9-2-5-13(16,17)6-3-9/h9-10H,2-7H2,1H3,(H,18,22). The molecule has 0 aromatic carbocycles. The lowest BCUT2D eigenvalue weighted by Gasteiger charge is -2.28. The summed E-state index contributed by atoms with van der Waals surface area (Å²) >= 11 is 0. The summed E-state index contributed by atoms with van der Waals surface area (Å²) in [5, 5.41) is 10.5. The quantitative estimate of drug-likeness (QED) is 0.848. The van der Waals surface area contributed by atoms with Crippen LogP contribution in [0.2, 0.25) is 0 Å². The van der Waals surface area contributed by atoms with Gasteiger partial charge in [-0.2, -0.15) is 9.90 Å². The van der Waals surface area contributed by atoms with Crippen LogP contribution < -0.4 is 5.32 Å². The van der Waals surface area contributed by atoms with E-state index in [4.69, 9.17) is 0 Å². The van der Waals surface area contributed by atoms with Crippen LogP contribution in [0.5, 0.6) is 0 Å². The van der Waals surface area contributed by atoms with E-state index in [1.54, 1.807) is 6.92 Å². The van der Waals surface area contributed by atoms with E-state index in [9.17, 15) is 22.4 Å². The van der Waals surface area contributed by atoms with Crippen LogP contribution in [0.3, 0.4) is 0 Å². The maximum absolute atomic E-state index is 13.1. The van der Waals surface area contributed by atoms with Gasteiger partial charge in [0, 0.05) is 25.3 Å². The van der Waals surface area contributed by atoms with Gasteiger partial charge in [0.2, 0.25) is 12.3 Å². The first-order valence-corrected chi connectivity index (χ1v) is 7.15. The number of nitrogens with one attached hydrogen (secondary N) is 1. The molecule has 9 heteroatoms. The number of aromatic nitrogens is 3. The predicted octanol–water partition coefficient (Wildman–Crippen LogP) is 2.55. The summed E-state index contributed by atoms with van der Waals surface area (Å²) in [5.74, 6) is -3.16. The van der Waals surface area contributed by atoms with Gasteiger partial charge in [0.15, 0.2) is 5.69 Å². The molecule has 0 aliphatic heterocycles. The average Bonchev–Trinajstić information content (AvgIpc) is 2.80. The zero-order valence-corrected chi connectivity index (χ0v) is 12.2. The van der Waals surface area contributed by atoms with Gasteiger partial charge < -0.3 is 5.32 Å². The highest BCUT2D eigenvalue weighted by atomic mass is 19.3. The van der Waals surface area contributed by atoms with E-state index >= 15 is 0 Å². The van der Waals surface area contributed by atoms with Crippen molar-refractivity contribution in [1.29, 1.82) is 0 Å². The van der Waals surface area contributed by atoms with E-state index in [2.05, 4.69) is 15.5 Å². The van der Waals surface area contributed by atoms with E-state index in [0.717, 1.165) is 4.80 Å². The lowest BCUT2D eigenvalue weighted by molar-refractivity contribution is -0.0399. The number of carbonyl (C=O) groups excluding carboxylic acids is 1. The first-order valence-electron chi connectivity index (χ1n) is 7.15. The summed E-state index contributed by atoms with van der Waals surface area (Å²) < 4.78 is 50.4.